The summed E-state index contributed by atoms with van der Waals surface area (Å²) < 4.78 is 0. The van der Waals surface area contributed by atoms with Gasteiger partial charge in [-0.05, 0) is 19.8 Å². The standard InChI is InChI=1S/C13H27N3O/c1-5-12(6-2)15(4)13(17)11(3)16-9-7-14-8-10-16/h11-12,14H,5-10H2,1-4H3. The normalized spacial score (nSPS) is 19.4. The van der Waals surface area contributed by atoms with Gasteiger partial charge in [0.05, 0.1) is 6.04 Å². The average molecular weight is 241 g/mol. The third-order valence-corrected chi connectivity index (χ3v) is 3.89. The van der Waals surface area contributed by atoms with Crippen LogP contribution in [0.1, 0.15) is 33.6 Å². The van der Waals surface area contributed by atoms with E-state index >= 15 is 0 Å². The fraction of sp³-hybridized carbons (Fsp3) is 0.923. The van der Waals surface area contributed by atoms with Crippen molar-refractivity contribution >= 4 is 5.91 Å². The van der Waals surface area contributed by atoms with E-state index in [1.54, 1.807) is 0 Å². The summed E-state index contributed by atoms with van der Waals surface area (Å²) in [4.78, 5) is 16.6. The number of carbonyl (C=O) groups is 1. The van der Waals surface area contributed by atoms with Crippen molar-refractivity contribution in [3.63, 3.8) is 0 Å². The summed E-state index contributed by atoms with van der Waals surface area (Å²) >= 11 is 0. The molecule has 1 amide bonds. The molecule has 0 aromatic heterocycles. The topological polar surface area (TPSA) is 35.6 Å². The second kappa shape index (κ2) is 6.97. The minimum absolute atomic E-state index is 0.0164. The van der Waals surface area contributed by atoms with Crippen LogP contribution in [-0.4, -0.2) is 61.0 Å². The van der Waals surface area contributed by atoms with Crippen molar-refractivity contribution in [2.75, 3.05) is 33.2 Å². The maximum atomic E-state index is 12.4. The fourth-order valence-electron chi connectivity index (χ4n) is 2.54. The average Bonchev–Trinajstić information content (AvgIpc) is 2.39. The maximum Gasteiger partial charge on any atom is 0.239 e. The van der Waals surface area contributed by atoms with Gasteiger partial charge in [0.2, 0.25) is 5.91 Å². The van der Waals surface area contributed by atoms with Crippen LogP contribution in [-0.2, 0) is 4.79 Å². The van der Waals surface area contributed by atoms with Crippen molar-refractivity contribution in [2.45, 2.75) is 45.7 Å². The summed E-state index contributed by atoms with van der Waals surface area (Å²) in [6, 6.07) is 0.399. The van der Waals surface area contributed by atoms with Crippen LogP contribution >= 0.6 is 0 Å². The fourth-order valence-corrected chi connectivity index (χ4v) is 2.54. The predicted molar refractivity (Wildman–Crippen MR) is 71.0 cm³/mol. The van der Waals surface area contributed by atoms with E-state index in [1.807, 2.05) is 18.9 Å². The molecule has 0 radical (unpaired) electrons. The molecule has 1 unspecified atom stereocenters. The molecule has 1 aliphatic rings. The van der Waals surface area contributed by atoms with Gasteiger partial charge >= 0.3 is 0 Å². The Kier molecular flexibility index (Phi) is 5.92. The quantitative estimate of drug-likeness (QED) is 0.778. The third kappa shape index (κ3) is 3.68. The first-order valence-corrected chi connectivity index (χ1v) is 6.83. The zero-order valence-electron chi connectivity index (χ0n) is 11.7. The number of hydrogen-bond acceptors (Lipinski definition) is 3. The number of nitrogens with zero attached hydrogens (tertiary/aromatic N) is 2. The Labute approximate surface area is 105 Å². The summed E-state index contributed by atoms with van der Waals surface area (Å²) in [7, 11) is 1.94. The van der Waals surface area contributed by atoms with Crippen LogP contribution in [0.3, 0.4) is 0 Å². The van der Waals surface area contributed by atoms with Crippen LogP contribution in [0.15, 0.2) is 0 Å². The number of nitrogens with one attached hydrogen (secondary N) is 1. The van der Waals surface area contributed by atoms with Crippen LogP contribution in [0.5, 0.6) is 0 Å². The number of piperazine rings is 1. The highest BCUT2D eigenvalue weighted by atomic mass is 16.2. The second-order valence-corrected chi connectivity index (χ2v) is 4.88. The Hall–Kier alpha value is -0.610. The van der Waals surface area contributed by atoms with Crippen molar-refractivity contribution in [1.29, 1.82) is 0 Å². The minimum Gasteiger partial charge on any atom is -0.341 e. The summed E-state index contributed by atoms with van der Waals surface area (Å²) in [5.41, 5.74) is 0. The molecule has 0 aromatic carbocycles. The lowest BCUT2D eigenvalue weighted by atomic mass is 10.1. The van der Waals surface area contributed by atoms with Crippen molar-refractivity contribution in [1.82, 2.24) is 15.1 Å². The lowest BCUT2D eigenvalue weighted by molar-refractivity contribution is -0.137. The second-order valence-electron chi connectivity index (χ2n) is 4.88. The summed E-state index contributed by atoms with van der Waals surface area (Å²) in [5, 5.41) is 3.32. The first-order valence-electron chi connectivity index (χ1n) is 6.83. The zero-order valence-corrected chi connectivity index (χ0v) is 11.7. The first-order chi connectivity index (χ1) is 8.11. The van der Waals surface area contributed by atoms with Gasteiger partial charge in [-0.3, -0.25) is 9.69 Å². The van der Waals surface area contributed by atoms with Crippen molar-refractivity contribution in [3.8, 4) is 0 Å². The number of rotatable bonds is 5. The molecule has 1 heterocycles. The van der Waals surface area contributed by atoms with Gasteiger partial charge in [0, 0.05) is 39.3 Å². The maximum absolute atomic E-state index is 12.4. The molecule has 0 aliphatic carbocycles. The predicted octanol–water partition coefficient (Wildman–Crippen LogP) is 0.927. The molecule has 0 aromatic rings. The molecular formula is C13H27N3O. The Morgan fingerprint density at radius 3 is 2.29 bits per heavy atom. The van der Waals surface area contributed by atoms with E-state index in [0.29, 0.717) is 6.04 Å². The van der Waals surface area contributed by atoms with E-state index in [0.717, 1.165) is 39.0 Å². The van der Waals surface area contributed by atoms with E-state index in [2.05, 4.69) is 24.1 Å². The molecule has 100 valence electrons. The van der Waals surface area contributed by atoms with Gasteiger partial charge in [0.15, 0.2) is 0 Å². The Bertz CT molecular complexity index is 235. The molecule has 4 nitrogen and oxygen atoms in total. The molecule has 0 saturated carbocycles. The summed E-state index contributed by atoms with van der Waals surface area (Å²) in [6.07, 6.45) is 2.07. The Morgan fingerprint density at radius 1 is 1.29 bits per heavy atom. The van der Waals surface area contributed by atoms with Crippen LogP contribution < -0.4 is 5.32 Å². The molecule has 0 bridgehead atoms. The minimum atomic E-state index is 0.0164. The third-order valence-electron chi connectivity index (χ3n) is 3.89. The molecular weight excluding hydrogens is 214 g/mol. The van der Waals surface area contributed by atoms with Gasteiger partial charge in [-0.1, -0.05) is 13.8 Å². The Morgan fingerprint density at radius 2 is 1.82 bits per heavy atom. The van der Waals surface area contributed by atoms with Crippen LogP contribution in [0.4, 0.5) is 0 Å². The van der Waals surface area contributed by atoms with E-state index in [-0.39, 0.29) is 11.9 Å². The van der Waals surface area contributed by atoms with Crippen molar-refractivity contribution < 1.29 is 4.79 Å². The SMILES string of the molecule is CCC(CC)N(C)C(=O)C(C)N1CCNCC1. The number of amides is 1. The number of hydrogen-bond donors (Lipinski definition) is 1. The molecule has 1 saturated heterocycles. The number of likely N-dealkylation sites (N-methyl/N-ethyl adjacent to an activating group) is 1. The molecule has 1 rings (SSSR count). The number of carbonyl (C=O) groups excluding carboxylic acids is 1. The van der Waals surface area contributed by atoms with Gasteiger partial charge in [-0.2, -0.15) is 0 Å². The highest BCUT2D eigenvalue weighted by molar-refractivity contribution is 5.81. The monoisotopic (exact) mass is 241 g/mol. The molecule has 17 heavy (non-hydrogen) atoms. The van der Waals surface area contributed by atoms with Crippen LogP contribution in [0.25, 0.3) is 0 Å². The Balaban J connectivity index is 2.54. The highest BCUT2D eigenvalue weighted by Crippen LogP contribution is 2.11. The van der Waals surface area contributed by atoms with E-state index in [4.69, 9.17) is 0 Å². The van der Waals surface area contributed by atoms with Gasteiger partial charge in [0.25, 0.3) is 0 Å². The zero-order chi connectivity index (χ0) is 12.8. The van der Waals surface area contributed by atoms with Gasteiger partial charge in [-0.15, -0.1) is 0 Å². The smallest absolute Gasteiger partial charge is 0.239 e. The molecule has 1 atom stereocenters. The lowest BCUT2D eigenvalue weighted by Crippen LogP contribution is -2.54. The summed E-state index contributed by atoms with van der Waals surface area (Å²) in [6.45, 7) is 10.3. The first kappa shape index (κ1) is 14.5. The largest absolute Gasteiger partial charge is 0.341 e. The van der Waals surface area contributed by atoms with Gasteiger partial charge in [-0.25, -0.2) is 0 Å². The van der Waals surface area contributed by atoms with Gasteiger partial charge < -0.3 is 10.2 Å². The van der Waals surface area contributed by atoms with Crippen molar-refractivity contribution in [2.24, 2.45) is 0 Å². The van der Waals surface area contributed by atoms with E-state index in [1.165, 1.54) is 0 Å². The van der Waals surface area contributed by atoms with Crippen molar-refractivity contribution in [3.05, 3.63) is 0 Å². The molecule has 1 N–H and O–H groups in total. The molecule has 4 heteroatoms. The van der Waals surface area contributed by atoms with E-state index in [9.17, 15) is 4.79 Å². The molecule has 1 fully saturated rings. The van der Waals surface area contributed by atoms with E-state index < -0.39 is 0 Å². The van der Waals surface area contributed by atoms with Gasteiger partial charge in [0.1, 0.15) is 0 Å². The lowest BCUT2D eigenvalue weighted by Gasteiger charge is -2.36. The van der Waals surface area contributed by atoms with Crippen LogP contribution in [0.2, 0.25) is 0 Å². The molecule has 1 aliphatic heterocycles. The van der Waals surface area contributed by atoms with Crippen LogP contribution in [0, 0.1) is 0 Å². The highest BCUT2D eigenvalue weighted by Gasteiger charge is 2.27. The molecule has 0 spiro atoms. The summed E-state index contributed by atoms with van der Waals surface area (Å²) in [5.74, 6) is 0.264.